The van der Waals surface area contributed by atoms with Crippen LogP contribution in [-0.2, 0) is 4.74 Å². The van der Waals surface area contributed by atoms with Crippen molar-refractivity contribution in [3.8, 4) is 0 Å². The molecule has 88 valence electrons. The maximum Gasteiger partial charge on any atom is 0.0673 e. The number of hydrogen-bond donors (Lipinski definition) is 1. The molecule has 2 nitrogen and oxygen atoms in total. The van der Waals surface area contributed by atoms with Crippen LogP contribution in [0.3, 0.4) is 0 Å². The summed E-state index contributed by atoms with van der Waals surface area (Å²) in [5.74, 6) is 0. The van der Waals surface area contributed by atoms with Crippen LogP contribution in [0.25, 0.3) is 0 Å². The van der Waals surface area contributed by atoms with Crippen LogP contribution in [0.5, 0.6) is 0 Å². The fourth-order valence-corrected chi connectivity index (χ4v) is 2.57. The van der Waals surface area contributed by atoms with E-state index in [1.54, 1.807) is 0 Å². The van der Waals surface area contributed by atoms with Gasteiger partial charge in [-0.15, -0.1) is 0 Å². The van der Waals surface area contributed by atoms with Crippen LogP contribution in [0.4, 0.5) is 0 Å². The summed E-state index contributed by atoms with van der Waals surface area (Å²) < 4.78 is 5.59. The summed E-state index contributed by atoms with van der Waals surface area (Å²) in [5.41, 5.74) is -0.241. The Morgan fingerprint density at radius 1 is 1.47 bits per heavy atom. The highest BCUT2D eigenvalue weighted by atomic mass is 16.5. The van der Waals surface area contributed by atoms with Crippen LogP contribution in [0.15, 0.2) is 0 Å². The zero-order valence-electron chi connectivity index (χ0n) is 10.1. The van der Waals surface area contributed by atoms with Gasteiger partial charge in [0.1, 0.15) is 0 Å². The van der Waals surface area contributed by atoms with Gasteiger partial charge in [-0.1, -0.05) is 6.92 Å². The molecule has 0 aromatic carbocycles. The van der Waals surface area contributed by atoms with Gasteiger partial charge in [0.15, 0.2) is 0 Å². The van der Waals surface area contributed by atoms with E-state index in [9.17, 15) is 5.11 Å². The highest BCUT2D eigenvalue weighted by Gasteiger charge is 2.51. The maximum atomic E-state index is 10.3. The molecule has 1 saturated heterocycles. The van der Waals surface area contributed by atoms with Crippen molar-refractivity contribution in [2.45, 2.75) is 70.5 Å². The van der Waals surface area contributed by atoms with Crippen molar-refractivity contribution in [2.24, 2.45) is 5.41 Å². The third-order valence-corrected chi connectivity index (χ3v) is 4.51. The summed E-state index contributed by atoms with van der Waals surface area (Å²) in [6, 6.07) is 0. The van der Waals surface area contributed by atoms with E-state index in [0.29, 0.717) is 6.10 Å². The molecule has 1 heterocycles. The first kappa shape index (κ1) is 11.4. The molecule has 0 radical (unpaired) electrons. The summed E-state index contributed by atoms with van der Waals surface area (Å²) in [7, 11) is 0. The zero-order chi connectivity index (χ0) is 10.9. The smallest absolute Gasteiger partial charge is 0.0673 e. The second-order valence-corrected chi connectivity index (χ2v) is 5.86. The Kier molecular flexibility index (Phi) is 3.09. The van der Waals surface area contributed by atoms with Gasteiger partial charge in [-0.2, -0.15) is 0 Å². The van der Waals surface area contributed by atoms with E-state index in [-0.39, 0.29) is 5.41 Å². The molecule has 0 bridgehead atoms. The second-order valence-electron chi connectivity index (χ2n) is 5.86. The molecule has 2 heteroatoms. The molecule has 1 aliphatic carbocycles. The van der Waals surface area contributed by atoms with E-state index >= 15 is 0 Å². The lowest BCUT2D eigenvalue weighted by atomic mass is 9.83. The summed E-state index contributed by atoms with van der Waals surface area (Å²) in [6.45, 7) is 5.16. The van der Waals surface area contributed by atoms with E-state index in [2.05, 4.69) is 6.92 Å². The van der Waals surface area contributed by atoms with Crippen molar-refractivity contribution in [2.75, 3.05) is 6.61 Å². The van der Waals surface area contributed by atoms with Crippen molar-refractivity contribution in [3.63, 3.8) is 0 Å². The highest BCUT2D eigenvalue weighted by Crippen LogP contribution is 2.55. The van der Waals surface area contributed by atoms with Crippen molar-refractivity contribution in [1.29, 1.82) is 0 Å². The Balaban J connectivity index is 1.68. The SMILES string of the molecule is CC(O)(CCCC1CCCO1)C1(C)CC1. The standard InChI is InChI=1S/C13H24O2/c1-12(8-9-12)13(2,14)7-3-5-11-6-4-10-15-11/h11,14H,3-10H2,1-2H3. The predicted octanol–water partition coefficient (Wildman–Crippen LogP) is 2.89. The van der Waals surface area contributed by atoms with Crippen LogP contribution in [0.2, 0.25) is 0 Å². The number of aliphatic hydroxyl groups is 1. The van der Waals surface area contributed by atoms with Gasteiger partial charge in [-0.25, -0.2) is 0 Å². The van der Waals surface area contributed by atoms with Crippen LogP contribution in [0, 0.1) is 5.41 Å². The average molecular weight is 212 g/mol. The minimum atomic E-state index is -0.453. The molecule has 1 saturated carbocycles. The molecule has 2 atom stereocenters. The lowest BCUT2D eigenvalue weighted by Gasteiger charge is -2.30. The quantitative estimate of drug-likeness (QED) is 0.759. The second kappa shape index (κ2) is 4.06. The maximum absolute atomic E-state index is 10.3. The Labute approximate surface area is 93.0 Å². The lowest BCUT2D eigenvalue weighted by molar-refractivity contribution is -0.0202. The van der Waals surface area contributed by atoms with Gasteiger partial charge in [0.05, 0.1) is 11.7 Å². The van der Waals surface area contributed by atoms with Crippen LogP contribution in [0.1, 0.15) is 58.8 Å². The molecule has 2 fully saturated rings. The Hall–Kier alpha value is -0.0800. The third-order valence-electron chi connectivity index (χ3n) is 4.51. The molecular weight excluding hydrogens is 188 g/mol. The van der Waals surface area contributed by atoms with Crippen LogP contribution in [-0.4, -0.2) is 23.4 Å². The molecule has 0 amide bonds. The summed E-state index contributed by atoms with van der Waals surface area (Å²) >= 11 is 0. The van der Waals surface area contributed by atoms with Crippen molar-refractivity contribution >= 4 is 0 Å². The summed E-state index contributed by atoms with van der Waals surface area (Å²) in [4.78, 5) is 0. The Morgan fingerprint density at radius 3 is 2.73 bits per heavy atom. The van der Waals surface area contributed by atoms with Crippen LogP contribution < -0.4 is 0 Å². The van der Waals surface area contributed by atoms with Gasteiger partial charge in [-0.05, 0) is 57.3 Å². The third kappa shape index (κ3) is 2.54. The molecule has 0 aromatic rings. The molecule has 2 rings (SSSR count). The van der Waals surface area contributed by atoms with E-state index < -0.39 is 5.60 Å². The molecule has 0 spiro atoms. The molecule has 2 unspecified atom stereocenters. The first-order chi connectivity index (χ1) is 7.04. The van der Waals surface area contributed by atoms with E-state index in [1.165, 1.54) is 25.7 Å². The topological polar surface area (TPSA) is 29.5 Å². The van der Waals surface area contributed by atoms with E-state index in [4.69, 9.17) is 4.74 Å². The van der Waals surface area contributed by atoms with Crippen LogP contribution >= 0.6 is 0 Å². The minimum absolute atomic E-state index is 0.212. The monoisotopic (exact) mass is 212 g/mol. The van der Waals surface area contributed by atoms with Crippen molar-refractivity contribution < 1.29 is 9.84 Å². The number of ether oxygens (including phenoxy) is 1. The first-order valence-corrected chi connectivity index (χ1v) is 6.38. The lowest BCUT2D eigenvalue weighted by Crippen LogP contribution is -2.34. The first-order valence-electron chi connectivity index (χ1n) is 6.38. The van der Waals surface area contributed by atoms with Gasteiger partial charge >= 0.3 is 0 Å². The Morgan fingerprint density at radius 2 is 2.20 bits per heavy atom. The van der Waals surface area contributed by atoms with Gasteiger partial charge in [-0.3, -0.25) is 0 Å². The van der Waals surface area contributed by atoms with Crippen molar-refractivity contribution in [3.05, 3.63) is 0 Å². The fraction of sp³-hybridized carbons (Fsp3) is 1.00. The molecule has 0 aromatic heterocycles. The highest BCUT2D eigenvalue weighted by molar-refractivity contribution is 5.02. The fourth-order valence-electron chi connectivity index (χ4n) is 2.57. The normalized spacial score (nSPS) is 32.6. The molecule has 1 aliphatic heterocycles. The van der Waals surface area contributed by atoms with Crippen molar-refractivity contribution in [1.82, 2.24) is 0 Å². The van der Waals surface area contributed by atoms with E-state index in [0.717, 1.165) is 25.9 Å². The summed E-state index contributed by atoms with van der Waals surface area (Å²) in [5, 5.41) is 10.3. The minimum Gasteiger partial charge on any atom is -0.390 e. The molecule has 2 aliphatic rings. The van der Waals surface area contributed by atoms with Gasteiger partial charge < -0.3 is 9.84 Å². The number of rotatable bonds is 5. The molecule has 1 N–H and O–H groups in total. The van der Waals surface area contributed by atoms with Gasteiger partial charge in [0.25, 0.3) is 0 Å². The average Bonchev–Trinajstić information content (AvgIpc) is 2.75. The van der Waals surface area contributed by atoms with Gasteiger partial charge in [0, 0.05) is 6.61 Å². The number of hydrogen-bond acceptors (Lipinski definition) is 2. The zero-order valence-corrected chi connectivity index (χ0v) is 10.1. The Bertz CT molecular complexity index is 213. The molecular formula is C13H24O2. The summed E-state index contributed by atoms with van der Waals surface area (Å²) in [6.07, 6.45) is 8.48. The van der Waals surface area contributed by atoms with E-state index in [1.807, 2.05) is 6.92 Å². The largest absolute Gasteiger partial charge is 0.390 e. The predicted molar refractivity (Wildman–Crippen MR) is 60.8 cm³/mol. The van der Waals surface area contributed by atoms with Gasteiger partial charge in [0.2, 0.25) is 0 Å². The molecule has 15 heavy (non-hydrogen) atoms.